The summed E-state index contributed by atoms with van der Waals surface area (Å²) in [7, 11) is 0. The minimum absolute atomic E-state index is 0.894. The van der Waals surface area contributed by atoms with Crippen molar-refractivity contribution in [1.82, 2.24) is 9.13 Å². The molecular weight excluding hydrogens is 669 g/mol. The second kappa shape index (κ2) is 11.6. The van der Waals surface area contributed by atoms with Crippen molar-refractivity contribution in [3.63, 3.8) is 0 Å². The zero-order valence-corrected chi connectivity index (χ0v) is 29.8. The molecule has 0 aliphatic rings. The zero-order valence-electron chi connectivity index (χ0n) is 29.8. The van der Waals surface area contributed by atoms with Gasteiger partial charge in [-0.3, -0.25) is 0 Å². The van der Waals surface area contributed by atoms with E-state index < -0.39 is 0 Å². The van der Waals surface area contributed by atoms with E-state index in [0.29, 0.717) is 0 Å². The summed E-state index contributed by atoms with van der Waals surface area (Å²) >= 11 is 0. The van der Waals surface area contributed by atoms with Crippen LogP contribution in [0.5, 0.6) is 0 Å². The molecule has 55 heavy (non-hydrogen) atoms. The molecule has 12 rings (SSSR count). The van der Waals surface area contributed by atoms with Crippen molar-refractivity contribution < 1.29 is 4.42 Å². The average molecular weight is 701 g/mol. The summed E-state index contributed by atoms with van der Waals surface area (Å²) in [5.41, 5.74) is 13.6. The van der Waals surface area contributed by atoms with E-state index in [0.717, 1.165) is 38.7 Å². The van der Waals surface area contributed by atoms with E-state index >= 15 is 0 Å². The third kappa shape index (κ3) is 4.44. The van der Waals surface area contributed by atoms with Crippen LogP contribution in [0.4, 0.5) is 0 Å². The summed E-state index contributed by atoms with van der Waals surface area (Å²) in [5, 5.41) is 9.65. The Bertz CT molecular complexity index is 3480. The third-order valence-electron chi connectivity index (χ3n) is 11.5. The van der Waals surface area contributed by atoms with Crippen molar-refractivity contribution in [2.75, 3.05) is 0 Å². The van der Waals surface area contributed by atoms with Crippen molar-refractivity contribution >= 4 is 76.3 Å². The molecule has 0 spiro atoms. The summed E-state index contributed by atoms with van der Waals surface area (Å²) in [5.74, 6) is 0. The van der Waals surface area contributed by atoms with Crippen LogP contribution in [0, 0.1) is 0 Å². The smallest absolute Gasteiger partial charge is 0.137 e. The van der Waals surface area contributed by atoms with E-state index in [1.807, 2.05) is 6.07 Å². The lowest BCUT2D eigenvalue weighted by Crippen LogP contribution is -1.95. The van der Waals surface area contributed by atoms with Gasteiger partial charge in [-0.1, -0.05) is 127 Å². The normalized spacial score (nSPS) is 12.0. The summed E-state index contributed by atoms with van der Waals surface area (Å²) in [6, 6.07) is 70.3. The monoisotopic (exact) mass is 700 g/mol. The fraction of sp³-hybridized carbons (Fsp3) is 0. The molecule has 3 aromatic heterocycles. The highest BCUT2D eigenvalue weighted by atomic mass is 16.3. The Morgan fingerprint density at radius 1 is 0.327 bits per heavy atom. The first-order valence-electron chi connectivity index (χ1n) is 18.8. The maximum absolute atomic E-state index is 6.45. The van der Waals surface area contributed by atoms with Gasteiger partial charge in [0, 0.05) is 38.0 Å². The van der Waals surface area contributed by atoms with Gasteiger partial charge in [-0.25, -0.2) is 0 Å². The molecule has 0 aliphatic carbocycles. The Labute approximate surface area is 316 Å². The second-order valence-electron chi connectivity index (χ2n) is 14.5. The van der Waals surface area contributed by atoms with Crippen LogP contribution in [-0.2, 0) is 0 Å². The van der Waals surface area contributed by atoms with E-state index in [1.54, 1.807) is 0 Å². The van der Waals surface area contributed by atoms with Gasteiger partial charge in [-0.15, -0.1) is 0 Å². The van der Waals surface area contributed by atoms with Crippen LogP contribution in [0.25, 0.3) is 110 Å². The molecule has 0 saturated carbocycles. The highest BCUT2D eigenvalue weighted by Gasteiger charge is 2.21. The molecule has 0 fully saturated rings. The van der Waals surface area contributed by atoms with E-state index in [9.17, 15) is 0 Å². The van der Waals surface area contributed by atoms with E-state index in [-0.39, 0.29) is 0 Å². The van der Waals surface area contributed by atoms with Gasteiger partial charge in [0.25, 0.3) is 0 Å². The van der Waals surface area contributed by atoms with Crippen molar-refractivity contribution in [2.24, 2.45) is 0 Å². The molecule has 3 nitrogen and oxygen atoms in total. The average Bonchev–Trinajstić information content (AvgIpc) is 3.91. The number of hydrogen-bond donors (Lipinski definition) is 0. The van der Waals surface area contributed by atoms with Crippen LogP contribution in [0.1, 0.15) is 0 Å². The number of benzene rings is 9. The van der Waals surface area contributed by atoms with Crippen molar-refractivity contribution in [3.8, 4) is 33.6 Å². The molecule has 0 atom stereocenters. The molecular formula is C52H32N2O. The van der Waals surface area contributed by atoms with Crippen LogP contribution in [-0.4, -0.2) is 9.13 Å². The molecule has 256 valence electrons. The number of nitrogens with zero attached hydrogens (tertiary/aromatic N) is 2. The van der Waals surface area contributed by atoms with E-state index in [4.69, 9.17) is 4.42 Å². The predicted molar refractivity (Wildman–Crippen MR) is 231 cm³/mol. The van der Waals surface area contributed by atoms with Crippen LogP contribution in [0.3, 0.4) is 0 Å². The maximum Gasteiger partial charge on any atom is 0.137 e. The molecule has 0 radical (unpaired) electrons. The zero-order chi connectivity index (χ0) is 36.0. The number of hydrogen-bond acceptors (Lipinski definition) is 1. The standard InChI is InChI=1S/C52H32N2O/c1-2-12-33(13-3-1)35-16-10-17-38(30-35)53-47-27-24-37(32-44(47)41-26-29-50-51(52(41)53)42-20-7-9-23-49(42)55-50)36-25-28-48-43(31-36)40-19-6-8-21-46(40)54(48)45-22-11-15-34-14-4-5-18-39(34)45/h1-32H. The fourth-order valence-electron chi connectivity index (χ4n) is 9.03. The van der Waals surface area contributed by atoms with Crippen molar-refractivity contribution in [1.29, 1.82) is 0 Å². The quantitative estimate of drug-likeness (QED) is 0.179. The SMILES string of the molecule is c1ccc(-c2cccc(-n3c4ccc(-c5ccc6c(c5)c5ccccc5n6-c5cccc6ccccc56)cc4c4ccc5oc6ccccc6c5c43)c2)cc1. The number of fused-ring (bicyclic) bond motifs is 11. The Hall–Kier alpha value is -7.36. The molecule has 9 aromatic carbocycles. The van der Waals surface area contributed by atoms with E-state index in [2.05, 4.69) is 197 Å². The van der Waals surface area contributed by atoms with Crippen LogP contribution < -0.4 is 0 Å². The minimum atomic E-state index is 0.894. The number of para-hydroxylation sites is 2. The van der Waals surface area contributed by atoms with Crippen molar-refractivity contribution in [3.05, 3.63) is 194 Å². The van der Waals surface area contributed by atoms with Gasteiger partial charge in [0.2, 0.25) is 0 Å². The largest absolute Gasteiger partial charge is 0.456 e. The van der Waals surface area contributed by atoms with Gasteiger partial charge < -0.3 is 13.6 Å². The molecule has 12 aromatic rings. The van der Waals surface area contributed by atoms with Crippen LogP contribution in [0.15, 0.2) is 199 Å². The predicted octanol–water partition coefficient (Wildman–Crippen LogP) is 14.3. The highest BCUT2D eigenvalue weighted by molar-refractivity contribution is 6.25. The summed E-state index contributed by atoms with van der Waals surface area (Å²) in [6.45, 7) is 0. The molecule has 3 heteroatoms. The molecule has 0 saturated heterocycles. The molecule has 0 N–H and O–H groups in total. The molecule has 0 unspecified atom stereocenters. The van der Waals surface area contributed by atoms with Gasteiger partial charge in [0.15, 0.2) is 0 Å². The second-order valence-corrected chi connectivity index (χ2v) is 14.5. The van der Waals surface area contributed by atoms with Gasteiger partial charge in [-0.2, -0.15) is 0 Å². The molecule has 0 bridgehead atoms. The Morgan fingerprint density at radius 2 is 0.945 bits per heavy atom. The lowest BCUT2D eigenvalue weighted by Gasteiger charge is -2.12. The summed E-state index contributed by atoms with van der Waals surface area (Å²) in [6.07, 6.45) is 0. The summed E-state index contributed by atoms with van der Waals surface area (Å²) < 4.78 is 11.3. The first-order valence-corrected chi connectivity index (χ1v) is 18.8. The Balaban J connectivity index is 1.11. The van der Waals surface area contributed by atoms with Gasteiger partial charge in [0.1, 0.15) is 11.2 Å². The van der Waals surface area contributed by atoms with Crippen molar-refractivity contribution in [2.45, 2.75) is 0 Å². The number of rotatable bonds is 4. The minimum Gasteiger partial charge on any atom is -0.456 e. The van der Waals surface area contributed by atoms with Gasteiger partial charge in [-0.05, 0) is 94.4 Å². The first-order chi connectivity index (χ1) is 27.3. The summed E-state index contributed by atoms with van der Waals surface area (Å²) in [4.78, 5) is 0. The third-order valence-corrected chi connectivity index (χ3v) is 11.5. The number of furan rings is 1. The van der Waals surface area contributed by atoms with Gasteiger partial charge >= 0.3 is 0 Å². The van der Waals surface area contributed by atoms with Gasteiger partial charge in [0.05, 0.1) is 33.1 Å². The van der Waals surface area contributed by atoms with Crippen LogP contribution >= 0.6 is 0 Å². The lowest BCUT2D eigenvalue weighted by molar-refractivity contribution is 0.669. The molecule has 0 amide bonds. The number of aromatic nitrogens is 2. The Morgan fingerprint density at radius 3 is 1.80 bits per heavy atom. The van der Waals surface area contributed by atoms with Crippen LogP contribution in [0.2, 0.25) is 0 Å². The fourth-order valence-corrected chi connectivity index (χ4v) is 9.03. The maximum atomic E-state index is 6.45. The molecule has 3 heterocycles. The highest BCUT2D eigenvalue weighted by Crippen LogP contribution is 2.43. The lowest BCUT2D eigenvalue weighted by atomic mass is 10.00. The first kappa shape index (κ1) is 30.1. The van der Waals surface area contributed by atoms with E-state index in [1.165, 1.54) is 71.3 Å². The topological polar surface area (TPSA) is 23.0 Å². The molecule has 0 aliphatic heterocycles. The Kier molecular flexibility index (Phi) is 6.34.